The number of hydrogen-bond donors (Lipinski definition) is 1. The Morgan fingerprint density at radius 3 is 2.38 bits per heavy atom. The highest BCUT2D eigenvalue weighted by Gasteiger charge is 2.32. The van der Waals surface area contributed by atoms with E-state index in [-0.39, 0.29) is 12.4 Å². The van der Waals surface area contributed by atoms with Crippen LogP contribution in [0.3, 0.4) is 0 Å². The minimum Gasteiger partial charge on any atom is -0.337 e. The fraction of sp³-hybridized carbons (Fsp3) is 0.917. The second kappa shape index (κ2) is 5.87. The summed E-state index contributed by atoms with van der Waals surface area (Å²) in [6.45, 7) is 5.43. The van der Waals surface area contributed by atoms with Gasteiger partial charge in [-0.05, 0) is 46.1 Å². The average Bonchev–Trinajstić information content (AvgIpc) is 2.77. The molecule has 0 aromatic rings. The topological polar surface area (TPSA) is 32.3 Å². The van der Waals surface area contributed by atoms with Gasteiger partial charge in [-0.2, -0.15) is 0 Å². The number of nitrogens with one attached hydrogen (secondary N) is 1. The molecule has 4 heteroatoms. The van der Waals surface area contributed by atoms with Crippen molar-refractivity contribution < 1.29 is 4.79 Å². The number of carbonyl (C=O) groups is 1. The lowest BCUT2D eigenvalue weighted by atomic mass is 10.1. The van der Waals surface area contributed by atoms with Crippen LogP contribution in [0.2, 0.25) is 0 Å². The van der Waals surface area contributed by atoms with E-state index in [9.17, 15) is 4.79 Å². The third kappa shape index (κ3) is 2.89. The standard InChI is InChI=1S/C12H22N2O.ClH/c1-9-5-6-10(2)14(9)12(15)8-11-4-3-7-13-11;/h9-11,13H,3-8H2,1-2H3;1H. The van der Waals surface area contributed by atoms with Gasteiger partial charge in [0.1, 0.15) is 0 Å². The summed E-state index contributed by atoms with van der Waals surface area (Å²) in [5.41, 5.74) is 0. The predicted molar refractivity (Wildman–Crippen MR) is 67.9 cm³/mol. The maximum absolute atomic E-state index is 12.1. The van der Waals surface area contributed by atoms with Crippen LogP contribution in [-0.2, 0) is 4.79 Å². The predicted octanol–water partition coefficient (Wildman–Crippen LogP) is 1.95. The van der Waals surface area contributed by atoms with Crippen LogP contribution in [0.1, 0.15) is 46.0 Å². The highest BCUT2D eigenvalue weighted by molar-refractivity contribution is 5.85. The normalized spacial score (nSPS) is 33.9. The minimum atomic E-state index is 0. The van der Waals surface area contributed by atoms with E-state index < -0.39 is 0 Å². The van der Waals surface area contributed by atoms with Crippen LogP contribution < -0.4 is 5.32 Å². The first-order valence-electron chi connectivity index (χ1n) is 6.23. The number of likely N-dealkylation sites (tertiary alicyclic amines) is 1. The van der Waals surface area contributed by atoms with Crippen molar-refractivity contribution in [2.45, 2.75) is 64.1 Å². The Kier molecular flexibility index (Phi) is 5.06. The van der Waals surface area contributed by atoms with E-state index in [1.807, 2.05) is 0 Å². The van der Waals surface area contributed by atoms with Crippen molar-refractivity contribution in [2.75, 3.05) is 6.54 Å². The molecule has 2 aliphatic rings. The maximum Gasteiger partial charge on any atom is 0.224 e. The summed E-state index contributed by atoms with van der Waals surface area (Å²) >= 11 is 0. The van der Waals surface area contributed by atoms with Gasteiger partial charge in [-0.1, -0.05) is 0 Å². The lowest BCUT2D eigenvalue weighted by molar-refractivity contribution is -0.133. The zero-order valence-corrected chi connectivity index (χ0v) is 11.1. The maximum atomic E-state index is 12.1. The fourth-order valence-electron chi connectivity index (χ4n) is 2.93. The van der Waals surface area contributed by atoms with Crippen molar-refractivity contribution in [3.05, 3.63) is 0 Å². The third-order valence-electron chi connectivity index (χ3n) is 3.82. The molecule has 2 saturated heterocycles. The van der Waals surface area contributed by atoms with Gasteiger partial charge in [0.25, 0.3) is 0 Å². The van der Waals surface area contributed by atoms with Crippen LogP contribution in [0.5, 0.6) is 0 Å². The van der Waals surface area contributed by atoms with Crippen molar-refractivity contribution in [2.24, 2.45) is 0 Å². The molecule has 2 heterocycles. The molecule has 0 aromatic heterocycles. The first kappa shape index (κ1) is 13.8. The van der Waals surface area contributed by atoms with Gasteiger partial charge in [-0.25, -0.2) is 0 Å². The van der Waals surface area contributed by atoms with Crippen LogP contribution >= 0.6 is 12.4 Å². The molecule has 0 aliphatic carbocycles. The van der Waals surface area contributed by atoms with E-state index in [1.165, 1.54) is 25.7 Å². The number of carbonyl (C=O) groups excluding carboxylic acids is 1. The molecule has 16 heavy (non-hydrogen) atoms. The van der Waals surface area contributed by atoms with Crippen LogP contribution in [0.25, 0.3) is 0 Å². The van der Waals surface area contributed by atoms with Gasteiger partial charge in [0.05, 0.1) is 0 Å². The van der Waals surface area contributed by atoms with E-state index >= 15 is 0 Å². The van der Waals surface area contributed by atoms with E-state index in [4.69, 9.17) is 0 Å². The fourth-order valence-corrected chi connectivity index (χ4v) is 2.93. The Morgan fingerprint density at radius 2 is 1.88 bits per heavy atom. The van der Waals surface area contributed by atoms with Crippen LogP contribution in [0.15, 0.2) is 0 Å². The zero-order valence-electron chi connectivity index (χ0n) is 10.2. The van der Waals surface area contributed by atoms with Gasteiger partial charge < -0.3 is 10.2 Å². The second-order valence-corrected chi connectivity index (χ2v) is 5.07. The molecule has 1 N–H and O–H groups in total. The van der Waals surface area contributed by atoms with Gasteiger partial charge >= 0.3 is 0 Å². The first-order valence-corrected chi connectivity index (χ1v) is 6.23. The molecule has 0 aromatic carbocycles. The molecular weight excluding hydrogens is 224 g/mol. The molecule has 3 unspecified atom stereocenters. The Labute approximate surface area is 104 Å². The SMILES string of the molecule is CC1CCC(C)N1C(=O)CC1CCCN1.Cl. The molecule has 0 radical (unpaired) electrons. The Bertz CT molecular complexity index is 231. The molecule has 0 bridgehead atoms. The van der Waals surface area contributed by atoms with Gasteiger partial charge in [0.2, 0.25) is 5.91 Å². The van der Waals surface area contributed by atoms with Crippen molar-refractivity contribution >= 4 is 18.3 Å². The zero-order chi connectivity index (χ0) is 10.8. The van der Waals surface area contributed by atoms with Crippen molar-refractivity contribution in [1.82, 2.24) is 10.2 Å². The summed E-state index contributed by atoms with van der Waals surface area (Å²) in [5, 5.41) is 3.39. The monoisotopic (exact) mass is 246 g/mol. The number of rotatable bonds is 2. The van der Waals surface area contributed by atoms with Crippen LogP contribution in [0.4, 0.5) is 0 Å². The molecule has 2 aliphatic heterocycles. The van der Waals surface area contributed by atoms with E-state index in [0.717, 1.165) is 6.54 Å². The largest absolute Gasteiger partial charge is 0.337 e. The van der Waals surface area contributed by atoms with Crippen molar-refractivity contribution in [3.8, 4) is 0 Å². The Hall–Kier alpha value is -0.280. The smallest absolute Gasteiger partial charge is 0.224 e. The van der Waals surface area contributed by atoms with Crippen molar-refractivity contribution in [3.63, 3.8) is 0 Å². The molecule has 0 saturated carbocycles. The first-order chi connectivity index (χ1) is 7.18. The number of amides is 1. The molecule has 3 nitrogen and oxygen atoms in total. The van der Waals surface area contributed by atoms with Gasteiger partial charge in [-0.15, -0.1) is 12.4 Å². The molecule has 2 fully saturated rings. The van der Waals surface area contributed by atoms with Gasteiger partial charge in [-0.3, -0.25) is 4.79 Å². The summed E-state index contributed by atoms with van der Waals surface area (Å²) in [6, 6.07) is 1.35. The van der Waals surface area contributed by atoms with Crippen LogP contribution in [0, 0.1) is 0 Å². The molecule has 0 spiro atoms. The quantitative estimate of drug-likeness (QED) is 0.808. The molecule has 2 rings (SSSR count). The molecule has 94 valence electrons. The van der Waals surface area contributed by atoms with Crippen LogP contribution in [-0.4, -0.2) is 35.5 Å². The van der Waals surface area contributed by atoms with E-state index in [0.29, 0.717) is 30.5 Å². The van der Waals surface area contributed by atoms with E-state index in [1.54, 1.807) is 0 Å². The summed E-state index contributed by atoms with van der Waals surface area (Å²) in [6.07, 6.45) is 5.44. The number of nitrogens with zero attached hydrogens (tertiary/aromatic N) is 1. The summed E-state index contributed by atoms with van der Waals surface area (Å²) < 4.78 is 0. The van der Waals surface area contributed by atoms with Crippen molar-refractivity contribution in [1.29, 1.82) is 0 Å². The highest BCUT2D eigenvalue weighted by Crippen LogP contribution is 2.25. The van der Waals surface area contributed by atoms with E-state index in [2.05, 4.69) is 24.1 Å². The lowest BCUT2D eigenvalue weighted by Gasteiger charge is -2.27. The molecule has 1 amide bonds. The average molecular weight is 247 g/mol. The van der Waals surface area contributed by atoms with Gasteiger partial charge in [0, 0.05) is 24.5 Å². The number of hydrogen-bond acceptors (Lipinski definition) is 2. The summed E-state index contributed by atoms with van der Waals surface area (Å²) in [4.78, 5) is 14.2. The Morgan fingerprint density at radius 1 is 1.25 bits per heavy atom. The number of halogens is 1. The summed E-state index contributed by atoms with van der Waals surface area (Å²) in [7, 11) is 0. The molecular formula is C12H23ClN2O. The Balaban J connectivity index is 0.00000128. The summed E-state index contributed by atoms with van der Waals surface area (Å²) in [5.74, 6) is 0.354. The highest BCUT2D eigenvalue weighted by atomic mass is 35.5. The van der Waals surface area contributed by atoms with Gasteiger partial charge in [0.15, 0.2) is 0 Å². The lowest BCUT2D eigenvalue weighted by Crippen LogP contribution is -2.41. The minimum absolute atomic E-state index is 0. The second-order valence-electron chi connectivity index (χ2n) is 5.07. The third-order valence-corrected chi connectivity index (χ3v) is 3.82. The molecule has 3 atom stereocenters.